The number of benzene rings is 1. The molecular formula is C25H29ClN6O2S. The van der Waals surface area contributed by atoms with E-state index in [9.17, 15) is 9.59 Å². The van der Waals surface area contributed by atoms with Crippen LogP contribution >= 0.6 is 23.4 Å². The van der Waals surface area contributed by atoms with Crippen LogP contribution in [0.4, 0.5) is 11.6 Å². The van der Waals surface area contributed by atoms with Gasteiger partial charge in [-0.3, -0.25) is 14.6 Å². The zero-order chi connectivity index (χ0) is 26.1. The van der Waals surface area contributed by atoms with Crippen LogP contribution in [0, 0.1) is 6.92 Å². The summed E-state index contributed by atoms with van der Waals surface area (Å²) in [5.74, 6) is 0.411. The van der Waals surface area contributed by atoms with E-state index in [1.54, 1.807) is 20.0 Å². The zero-order valence-corrected chi connectivity index (χ0v) is 22.0. The number of aryl methyl sites for hydroxylation is 1. The largest absolute Gasteiger partial charge is 0.383 e. The summed E-state index contributed by atoms with van der Waals surface area (Å²) in [7, 11) is 1.64. The van der Waals surface area contributed by atoms with Crippen molar-refractivity contribution in [2.75, 3.05) is 18.1 Å². The van der Waals surface area contributed by atoms with Gasteiger partial charge in [-0.2, -0.15) is 0 Å². The number of rotatable bonds is 8. The smallest absolute Gasteiger partial charge is 0.241 e. The fourth-order valence-electron chi connectivity index (χ4n) is 3.84. The van der Waals surface area contributed by atoms with Gasteiger partial charge >= 0.3 is 0 Å². The molecule has 0 saturated carbocycles. The number of hydrogen-bond acceptors (Lipinski definition) is 8. The Morgan fingerprint density at radius 3 is 2.66 bits per heavy atom. The number of nitrogens with two attached hydrogens (primary N) is 2. The van der Waals surface area contributed by atoms with Crippen molar-refractivity contribution in [3.8, 4) is 0 Å². The number of aliphatic imine (C=N–C) groups is 1. The Kier molecular flexibility index (Phi) is 7.83. The van der Waals surface area contributed by atoms with Crippen molar-refractivity contribution in [1.29, 1.82) is 0 Å². The molecule has 1 aromatic carbocycles. The van der Waals surface area contributed by atoms with Crippen molar-refractivity contribution < 1.29 is 9.59 Å². The molecule has 2 aromatic rings. The summed E-state index contributed by atoms with van der Waals surface area (Å²) in [5, 5.41) is 5.29. The molecule has 35 heavy (non-hydrogen) atoms. The first kappa shape index (κ1) is 26.6. The van der Waals surface area contributed by atoms with E-state index in [0.29, 0.717) is 39.3 Å². The summed E-state index contributed by atoms with van der Waals surface area (Å²) in [4.78, 5) is 38.6. The van der Waals surface area contributed by atoms with E-state index in [1.165, 1.54) is 18.7 Å². The van der Waals surface area contributed by atoms with Gasteiger partial charge in [-0.05, 0) is 57.2 Å². The Morgan fingerprint density at radius 2 is 2.06 bits per heavy atom. The van der Waals surface area contributed by atoms with E-state index < -0.39 is 11.5 Å². The van der Waals surface area contributed by atoms with Crippen LogP contribution in [0.2, 0.25) is 5.02 Å². The molecule has 0 bridgehead atoms. The van der Waals surface area contributed by atoms with Crippen LogP contribution in [-0.2, 0) is 15.0 Å². The lowest BCUT2D eigenvalue weighted by Gasteiger charge is -2.24. The van der Waals surface area contributed by atoms with Gasteiger partial charge in [-0.1, -0.05) is 29.8 Å². The molecular weight excluding hydrogens is 484 g/mol. The van der Waals surface area contributed by atoms with Crippen LogP contribution in [0.1, 0.15) is 49.7 Å². The number of halogens is 1. The van der Waals surface area contributed by atoms with E-state index in [-0.39, 0.29) is 17.5 Å². The van der Waals surface area contributed by atoms with Crippen LogP contribution in [-0.4, -0.2) is 40.5 Å². The summed E-state index contributed by atoms with van der Waals surface area (Å²) in [6, 6.07) is 4.88. The Hall–Kier alpha value is -3.01. The maximum Gasteiger partial charge on any atom is 0.241 e. The van der Waals surface area contributed by atoms with Gasteiger partial charge in [0.05, 0.1) is 11.6 Å². The molecule has 1 aliphatic rings. The first-order valence-electron chi connectivity index (χ1n) is 10.9. The standard InChI is InChI=1S/C25H29ClN6O2S/c1-12(9-18(27)14(3)33)11-35-15(4)25(5)19-21(28)30-23(31-22(19)32-24(25)34)20(29-6)17-8-7-16(26)10-13(17)2/h7-8,10-11,18H,4,9,27H2,1-3,5-6H3,(H3,28,30,31,32,34)/b12-11+,29-20?/t18?,25-/m0/s1. The van der Waals surface area contributed by atoms with Gasteiger partial charge in [0.25, 0.3) is 0 Å². The molecule has 1 aliphatic heterocycles. The van der Waals surface area contributed by atoms with Crippen LogP contribution in [0.15, 0.2) is 45.7 Å². The second-order valence-corrected chi connectivity index (χ2v) is 10.1. The van der Waals surface area contributed by atoms with E-state index in [4.69, 9.17) is 23.1 Å². The molecule has 0 spiro atoms. The number of thioether (sulfide) groups is 1. The van der Waals surface area contributed by atoms with Crippen molar-refractivity contribution in [3.05, 3.63) is 68.2 Å². The normalized spacial score (nSPS) is 18.8. The predicted octanol–water partition coefficient (Wildman–Crippen LogP) is 4.15. The van der Waals surface area contributed by atoms with E-state index in [0.717, 1.165) is 16.7 Å². The molecule has 1 unspecified atom stereocenters. The number of nitrogen functional groups attached to an aromatic ring is 1. The monoisotopic (exact) mass is 512 g/mol. The molecule has 0 saturated heterocycles. The Morgan fingerprint density at radius 1 is 1.37 bits per heavy atom. The second-order valence-electron chi connectivity index (χ2n) is 8.69. The molecule has 2 atom stereocenters. The van der Waals surface area contributed by atoms with Gasteiger partial charge in [-0.15, -0.1) is 11.8 Å². The van der Waals surface area contributed by atoms with Gasteiger partial charge in [0, 0.05) is 22.5 Å². The number of hydrogen-bond donors (Lipinski definition) is 3. The highest BCUT2D eigenvalue weighted by Crippen LogP contribution is 2.48. The minimum atomic E-state index is -1.15. The van der Waals surface area contributed by atoms with Crippen molar-refractivity contribution in [1.82, 2.24) is 9.97 Å². The summed E-state index contributed by atoms with van der Waals surface area (Å²) >= 11 is 7.39. The summed E-state index contributed by atoms with van der Waals surface area (Å²) in [6.07, 6.45) is 0.424. The molecule has 0 aliphatic carbocycles. The van der Waals surface area contributed by atoms with Crippen molar-refractivity contribution in [2.45, 2.75) is 45.6 Å². The quantitative estimate of drug-likeness (QED) is 0.452. The third kappa shape index (κ3) is 5.17. The van der Waals surface area contributed by atoms with Gasteiger partial charge in [0.15, 0.2) is 5.82 Å². The molecule has 5 N–H and O–H groups in total. The number of nitrogens with zero attached hydrogens (tertiary/aromatic N) is 3. The SMILES string of the molecule is C=C(S/C=C(\C)CC(N)C(C)=O)[C@]1(C)C(=O)Nc2nc(C(=NC)c3ccc(Cl)cc3C)nc(N)c21. The molecule has 184 valence electrons. The van der Waals surface area contributed by atoms with E-state index >= 15 is 0 Å². The number of anilines is 2. The highest BCUT2D eigenvalue weighted by Gasteiger charge is 2.48. The minimum Gasteiger partial charge on any atom is -0.383 e. The third-order valence-electron chi connectivity index (χ3n) is 6.03. The highest BCUT2D eigenvalue weighted by molar-refractivity contribution is 8.05. The first-order chi connectivity index (χ1) is 16.4. The average Bonchev–Trinajstić information content (AvgIpc) is 3.05. The molecule has 2 heterocycles. The lowest BCUT2D eigenvalue weighted by Crippen LogP contribution is -2.32. The number of Topliss-reactive ketones (excluding diaryl/α,β-unsaturated/α-hetero) is 1. The lowest BCUT2D eigenvalue weighted by molar-refractivity contribution is -0.119. The highest BCUT2D eigenvalue weighted by atomic mass is 35.5. The van der Waals surface area contributed by atoms with Crippen LogP contribution < -0.4 is 16.8 Å². The minimum absolute atomic E-state index is 0.0813. The fraction of sp³-hybridized carbons (Fsp3) is 0.320. The summed E-state index contributed by atoms with van der Waals surface area (Å²) in [6.45, 7) is 11.1. The number of carbonyl (C=O) groups excluding carboxylic acids is 2. The lowest BCUT2D eigenvalue weighted by atomic mass is 9.84. The Bertz CT molecular complexity index is 1290. The maximum atomic E-state index is 13.1. The topological polar surface area (TPSA) is 136 Å². The zero-order valence-electron chi connectivity index (χ0n) is 20.4. The summed E-state index contributed by atoms with van der Waals surface area (Å²) < 4.78 is 0. The van der Waals surface area contributed by atoms with Crippen LogP contribution in [0.25, 0.3) is 0 Å². The van der Waals surface area contributed by atoms with E-state index in [2.05, 4.69) is 26.9 Å². The van der Waals surface area contributed by atoms with Gasteiger partial charge in [0.1, 0.15) is 28.5 Å². The molecule has 10 heteroatoms. The maximum absolute atomic E-state index is 13.1. The van der Waals surface area contributed by atoms with E-state index in [1.807, 2.05) is 31.4 Å². The van der Waals surface area contributed by atoms with Crippen molar-refractivity contribution in [2.24, 2.45) is 10.7 Å². The first-order valence-corrected chi connectivity index (χ1v) is 12.2. The molecule has 0 radical (unpaired) electrons. The number of aromatic nitrogens is 2. The molecule has 1 amide bonds. The van der Waals surface area contributed by atoms with Gasteiger partial charge < -0.3 is 16.8 Å². The van der Waals surface area contributed by atoms with Crippen LogP contribution in [0.3, 0.4) is 0 Å². The number of carbonyl (C=O) groups is 2. The Labute approximate surface area is 214 Å². The fourth-order valence-corrected chi connectivity index (χ4v) is 4.94. The third-order valence-corrected chi connectivity index (χ3v) is 7.47. The van der Waals surface area contributed by atoms with Gasteiger partial charge in [-0.25, -0.2) is 9.97 Å². The number of fused-ring (bicyclic) bond motifs is 1. The molecule has 1 aromatic heterocycles. The number of amides is 1. The molecule has 0 fully saturated rings. The number of ketones is 1. The second kappa shape index (κ2) is 10.3. The van der Waals surface area contributed by atoms with Gasteiger partial charge in [0.2, 0.25) is 5.91 Å². The predicted molar refractivity (Wildman–Crippen MR) is 144 cm³/mol. The van der Waals surface area contributed by atoms with Crippen LogP contribution in [0.5, 0.6) is 0 Å². The molecule has 8 nitrogen and oxygen atoms in total. The van der Waals surface area contributed by atoms with Crippen molar-refractivity contribution >= 4 is 52.4 Å². The molecule has 3 rings (SSSR count). The average molecular weight is 513 g/mol. The Balaban J connectivity index is 1.96. The number of nitrogens with one attached hydrogen (secondary N) is 1. The summed E-state index contributed by atoms with van der Waals surface area (Å²) in [5.41, 5.74) is 14.7. The van der Waals surface area contributed by atoms with Crippen molar-refractivity contribution in [3.63, 3.8) is 0 Å².